The maximum Gasteiger partial charge on any atom is 0.277 e. The molecule has 0 spiro atoms. The summed E-state index contributed by atoms with van der Waals surface area (Å²) in [4.78, 5) is 19.3. The number of morpholine rings is 2. The quantitative estimate of drug-likeness (QED) is 0.540. The lowest BCUT2D eigenvalue weighted by atomic mass is 10.2. The van der Waals surface area contributed by atoms with Gasteiger partial charge in [-0.15, -0.1) is 0 Å². The average molecular weight is 500 g/mol. The maximum atomic E-state index is 13.2. The Morgan fingerprint density at radius 3 is 2.43 bits per heavy atom. The van der Waals surface area contributed by atoms with Crippen molar-refractivity contribution in [2.45, 2.75) is 4.90 Å². The van der Waals surface area contributed by atoms with Crippen LogP contribution in [-0.4, -0.2) is 81.4 Å². The van der Waals surface area contributed by atoms with E-state index >= 15 is 0 Å². The monoisotopic (exact) mass is 499 g/mol. The lowest BCUT2D eigenvalue weighted by Gasteiger charge is -2.31. The molecule has 0 atom stereocenters. The van der Waals surface area contributed by atoms with Crippen molar-refractivity contribution in [3.63, 3.8) is 0 Å². The highest BCUT2D eigenvalue weighted by Gasteiger charge is 2.28. The van der Waals surface area contributed by atoms with Gasteiger partial charge in [0.05, 0.1) is 42.7 Å². The highest BCUT2D eigenvalue weighted by Crippen LogP contribution is 2.32. The van der Waals surface area contributed by atoms with Crippen LogP contribution in [0.25, 0.3) is 11.3 Å². The summed E-state index contributed by atoms with van der Waals surface area (Å²) in [6, 6.07) is 9.86. The van der Waals surface area contributed by atoms with E-state index in [0.29, 0.717) is 62.2 Å². The lowest BCUT2D eigenvalue weighted by Crippen LogP contribution is -2.40. The van der Waals surface area contributed by atoms with Gasteiger partial charge in [-0.1, -0.05) is 5.16 Å². The number of nitrogens with one attached hydrogen (secondary N) is 1. The lowest BCUT2D eigenvalue weighted by molar-refractivity contribution is 0.0730. The molecule has 2 saturated heterocycles. The number of amides is 1. The highest BCUT2D eigenvalue weighted by atomic mass is 32.2. The van der Waals surface area contributed by atoms with Gasteiger partial charge in [0.1, 0.15) is 0 Å². The molecule has 4 heterocycles. The van der Waals surface area contributed by atoms with Crippen LogP contribution in [0.5, 0.6) is 0 Å². The highest BCUT2D eigenvalue weighted by molar-refractivity contribution is 7.89. The van der Waals surface area contributed by atoms with E-state index in [1.54, 1.807) is 36.7 Å². The van der Waals surface area contributed by atoms with Crippen LogP contribution in [0.2, 0.25) is 0 Å². The fourth-order valence-electron chi connectivity index (χ4n) is 4.00. The summed E-state index contributed by atoms with van der Waals surface area (Å²) in [6.07, 6.45) is 3.25. The number of hydrogen-bond acceptors (Lipinski definition) is 9. The Morgan fingerprint density at radius 2 is 1.71 bits per heavy atom. The zero-order valence-corrected chi connectivity index (χ0v) is 19.7. The fraction of sp³-hybridized carbons (Fsp3) is 0.348. The molecule has 5 rings (SSSR count). The Kier molecular flexibility index (Phi) is 6.77. The van der Waals surface area contributed by atoms with Gasteiger partial charge >= 0.3 is 0 Å². The van der Waals surface area contributed by atoms with Gasteiger partial charge < -0.3 is 24.2 Å². The van der Waals surface area contributed by atoms with Gasteiger partial charge in [-0.05, 0) is 30.3 Å². The second-order valence-corrected chi connectivity index (χ2v) is 10.0. The summed E-state index contributed by atoms with van der Waals surface area (Å²) in [7, 11) is -3.75. The van der Waals surface area contributed by atoms with Crippen molar-refractivity contribution in [3.8, 4) is 11.3 Å². The normalized spacial score (nSPS) is 17.3. The third-order valence-corrected chi connectivity index (χ3v) is 7.76. The fourth-order valence-corrected chi connectivity index (χ4v) is 5.44. The number of pyridine rings is 1. The van der Waals surface area contributed by atoms with Gasteiger partial charge in [-0.2, -0.15) is 4.31 Å². The minimum atomic E-state index is -3.75. The second kappa shape index (κ2) is 10.1. The summed E-state index contributed by atoms with van der Waals surface area (Å²) in [6.45, 7) is 3.58. The molecule has 2 aliphatic heterocycles. The first-order chi connectivity index (χ1) is 17.0. The van der Waals surface area contributed by atoms with E-state index in [-0.39, 0.29) is 23.7 Å². The first-order valence-electron chi connectivity index (χ1n) is 11.3. The van der Waals surface area contributed by atoms with Gasteiger partial charge in [0.2, 0.25) is 10.0 Å². The van der Waals surface area contributed by atoms with Crippen molar-refractivity contribution in [1.82, 2.24) is 14.4 Å². The van der Waals surface area contributed by atoms with Crippen LogP contribution in [0.1, 0.15) is 10.5 Å². The predicted molar refractivity (Wildman–Crippen MR) is 127 cm³/mol. The van der Waals surface area contributed by atoms with Crippen molar-refractivity contribution < 1.29 is 27.2 Å². The molecule has 0 radical (unpaired) electrons. The van der Waals surface area contributed by atoms with Crippen molar-refractivity contribution in [2.24, 2.45) is 0 Å². The second-order valence-electron chi connectivity index (χ2n) is 8.07. The molecule has 3 aromatic rings. The Labute approximate surface area is 202 Å². The average Bonchev–Trinajstić information content (AvgIpc) is 3.41. The van der Waals surface area contributed by atoms with Crippen LogP contribution >= 0.6 is 0 Å². The zero-order valence-electron chi connectivity index (χ0n) is 18.9. The molecule has 0 unspecified atom stereocenters. The van der Waals surface area contributed by atoms with Crippen molar-refractivity contribution in [2.75, 3.05) is 62.8 Å². The predicted octanol–water partition coefficient (Wildman–Crippen LogP) is 1.85. The van der Waals surface area contributed by atoms with E-state index in [1.807, 2.05) is 4.90 Å². The molecule has 2 fully saturated rings. The summed E-state index contributed by atoms with van der Waals surface area (Å²) < 4.78 is 43.9. The van der Waals surface area contributed by atoms with Crippen molar-refractivity contribution in [3.05, 3.63) is 54.5 Å². The molecule has 1 N–H and O–H groups in total. The number of sulfonamides is 1. The third-order valence-electron chi connectivity index (χ3n) is 5.86. The number of hydrogen-bond donors (Lipinski definition) is 1. The topological polar surface area (TPSA) is 127 Å². The van der Waals surface area contributed by atoms with E-state index < -0.39 is 15.9 Å². The van der Waals surface area contributed by atoms with Gasteiger partial charge in [0.25, 0.3) is 5.91 Å². The maximum absolute atomic E-state index is 13.2. The molecule has 11 nitrogen and oxygen atoms in total. The molecule has 1 amide bonds. The summed E-state index contributed by atoms with van der Waals surface area (Å²) >= 11 is 0. The molecule has 2 aromatic heterocycles. The number of carbonyl (C=O) groups is 1. The number of benzene rings is 1. The van der Waals surface area contributed by atoms with E-state index in [1.165, 1.54) is 16.4 Å². The standard InChI is InChI=1S/C23H25N5O6S/c29-23(20-15-22(34-26-20)17-2-1-5-24-16-17)25-19-14-18(35(30,31)28-8-12-33-13-9-28)3-4-21(19)27-6-10-32-11-7-27/h1-5,14-16H,6-13H2,(H,25,29). The van der Waals surface area contributed by atoms with Crippen LogP contribution in [0.4, 0.5) is 11.4 Å². The van der Waals surface area contributed by atoms with Crippen molar-refractivity contribution in [1.29, 1.82) is 0 Å². The minimum Gasteiger partial charge on any atom is -0.379 e. The summed E-state index contributed by atoms with van der Waals surface area (Å²) in [5, 5.41) is 6.72. The summed E-state index contributed by atoms with van der Waals surface area (Å²) in [5.41, 5.74) is 1.83. The van der Waals surface area contributed by atoms with Gasteiger partial charge in [0, 0.05) is 50.2 Å². The zero-order chi connectivity index (χ0) is 24.3. The minimum absolute atomic E-state index is 0.0678. The Hall–Kier alpha value is -3.32. The molecule has 2 aliphatic rings. The Bertz CT molecular complexity index is 1280. The van der Waals surface area contributed by atoms with Crippen LogP contribution in [0.3, 0.4) is 0 Å². The van der Waals surface area contributed by atoms with E-state index in [0.717, 1.165) is 0 Å². The Balaban J connectivity index is 1.45. The number of anilines is 2. The molecule has 0 bridgehead atoms. The van der Waals surface area contributed by atoms with Gasteiger partial charge in [-0.3, -0.25) is 9.78 Å². The Morgan fingerprint density at radius 1 is 0.971 bits per heavy atom. The van der Waals surface area contributed by atoms with E-state index in [2.05, 4.69) is 15.5 Å². The van der Waals surface area contributed by atoms with Crippen LogP contribution in [0.15, 0.2) is 58.2 Å². The van der Waals surface area contributed by atoms with Crippen LogP contribution in [0, 0.1) is 0 Å². The number of ether oxygens (including phenoxy) is 2. The largest absolute Gasteiger partial charge is 0.379 e. The molecule has 12 heteroatoms. The van der Waals surface area contributed by atoms with E-state index in [4.69, 9.17) is 14.0 Å². The molecular formula is C23H25N5O6S. The first kappa shape index (κ1) is 23.4. The first-order valence-corrected chi connectivity index (χ1v) is 12.7. The van der Waals surface area contributed by atoms with Gasteiger partial charge in [-0.25, -0.2) is 8.42 Å². The number of aromatic nitrogens is 2. The molecule has 35 heavy (non-hydrogen) atoms. The van der Waals surface area contributed by atoms with Crippen LogP contribution in [-0.2, 0) is 19.5 Å². The molecule has 0 saturated carbocycles. The third kappa shape index (κ3) is 5.05. The summed E-state index contributed by atoms with van der Waals surface area (Å²) in [5.74, 6) is -0.111. The van der Waals surface area contributed by atoms with Gasteiger partial charge in [0.15, 0.2) is 11.5 Å². The molecule has 0 aliphatic carbocycles. The van der Waals surface area contributed by atoms with Crippen molar-refractivity contribution >= 4 is 27.3 Å². The number of carbonyl (C=O) groups excluding carboxylic acids is 1. The smallest absolute Gasteiger partial charge is 0.277 e. The van der Waals surface area contributed by atoms with E-state index in [9.17, 15) is 13.2 Å². The molecule has 184 valence electrons. The van der Waals surface area contributed by atoms with Crippen LogP contribution < -0.4 is 10.2 Å². The molecular weight excluding hydrogens is 474 g/mol. The number of nitrogens with zero attached hydrogens (tertiary/aromatic N) is 4. The SMILES string of the molecule is O=C(Nc1cc(S(=O)(=O)N2CCOCC2)ccc1N1CCOCC1)c1cc(-c2cccnc2)on1. The molecule has 1 aromatic carbocycles. The number of rotatable bonds is 6.